The summed E-state index contributed by atoms with van der Waals surface area (Å²) in [6.07, 6.45) is -4.86. The molecule has 0 unspecified atom stereocenters. The van der Waals surface area contributed by atoms with Crippen LogP contribution in [0.3, 0.4) is 0 Å². The molecule has 38 heavy (non-hydrogen) atoms. The maximum absolute atomic E-state index is 13.7. The Morgan fingerprint density at radius 3 is 2.11 bits per heavy atom. The molecule has 0 aromatic rings. The first-order valence-corrected chi connectivity index (χ1v) is 13.0. The van der Waals surface area contributed by atoms with Crippen LogP contribution < -0.4 is 0 Å². The molecule has 0 radical (unpaired) electrons. The number of cyclic esters (lactones) is 2. The number of esters is 4. The number of hydrogen-bond donors (Lipinski definition) is 1. The number of aliphatic hydroxyl groups is 1. The highest BCUT2D eigenvalue weighted by atomic mass is 16.6. The summed E-state index contributed by atoms with van der Waals surface area (Å²) in [6, 6.07) is 0. The fourth-order valence-electron chi connectivity index (χ4n) is 8.71. The number of hydrogen-bond acceptors (Lipinski definition) is 10. The van der Waals surface area contributed by atoms with Crippen molar-refractivity contribution in [1.82, 2.24) is 0 Å². The molecule has 10 nitrogen and oxygen atoms in total. The Labute approximate surface area is 222 Å². The molecule has 0 spiro atoms. The van der Waals surface area contributed by atoms with Crippen LogP contribution in [0.1, 0.15) is 68.2 Å². The monoisotopic (exact) mass is 534 g/mol. The SMILES string of the molecule is C=C1C[C@@H]2[C@@](C)([C@@H]3C(=O)O[C@H](C)C(=O)[C@]13C)[C@@H](OC(C)=O)[C@@H](O)[C@H]1C(C)(C)OC(=O)C[C@@H](OC(C)=O)[C@@]21C. The largest absolute Gasteiger partial charge is 0.461 e. The second kappa shape index (κ2) is 8.63. The van der Waals surface area contributed by atoms with E-state index in [1.165, 1.54) is 20.8 Å². The first-order chi connectivity index (χ1) is 17.3. The lowest BCUT2D eigenvalue weighted by Gasteiger charge is -2.69. The minimum Gasteiger partial charge on any atom is -0.461 e. The lowest BCUT2D eigenvalue weighted by atomic mass is 9.36. The summed E-state index contributed by atoms with van der Waals surface area (Å²) in [7, 11) is 0. The molecule has 210 valence electrons. The normalized spacial score (nSPS) is 45.9. The third kappa shape index (κ3) is 3.58. The highest BCUT2D eigenvalue weighted by molar-refractivity contribution is 6.00. The van der Waals surface area contributed by atoms with Crippen LogP contribution in [0.5, 0.6) is 0 Å². The van der Waals surface area contributed by atoms with Crippen molar-refractivity contribution in [3.05, 3.63) is 12.2 Å². The summed E-state index contributed by atoms with van der Waals surface area (Å²) < 4.78 is 22.9. The van der Waals surface area contributed by atoms with Crippen molar-refractivity contribution in [3.8, 4) is 0 Å². The molecular weight excluding hydrogens is 496 g/mol. The molecule has 4 rings (SSSR count). The van der Waals surface area contributed by atoms with E-state index >= 15 is 0 Å². The first kappa shape index (κ1) is 28.3. The van der Waals surface area contributed by atoms with Crippen LogP contribution in [-0.2, 0) is 42.9 Å². The summed E-state index contributed by atoms with van der Waals surface area (Å²) in [5.41, 5.74) is -4.69. The van der Waals surface area contributed by atoms with Crippen LogP contribution in [0.15, 0.2) is 12.2 Å². The van der Waals surface area contributed by atoms with Gasteiger partial charge in [-0.1, -0.05) is 26.0 Å². The molecule has 0 amide bonds. The van der Waals surface area contributed by atoms with Crippen LogP contribution in [0.25, 0.3) is 0 Å². The molecule has 2 saturated carbocycles. The number of Topliss-reactive ketones (excluding diaryl/α,β-unsaturated/α-hetero) is 1. The molecule has 0 aromatic heterocycles. The maximum Gasteiger partial charge on any atom is 0.311 e. The van der Waals surface area contributed by atoms with E-state index < -0.39 is 87.9 Å². The molecule has 4 aliphatic rings. The van der Waals surface area contributed by atoms with Crippen molar-refractivity contribution >= 4 is 29.7 Å². The van der Waals surface area contributed by atoms with Crippen LogP contribution in [0.2, 0.25) is 0 Å². The summed E-state index contributed by atoms with van der Waals surface area (Å²) in [5, 5.41) is 12.1. The fourth-order valence-corrected chi connectivity index (χ4v) is 8.71. The number of allylic oxidation sites excluding steroid dienone is 1. The summed E-state index contributed by atoms with van der Waals surface area (Å²) in [4.78, 5) is 64.9. The number of ketones is 1. The Morgan fingerprint density at radius 1 is 0.974 bits per heavy atom. The molecule has 4 fully saturated rings. The van der Waals surface area contributed by atoms with Crippen LogP contribution in [0.4, 0.5) is 0 Å². The quantitative estimate of drug-likeness (QED) is 0.318. The van der Waals surface area contributed by atoms with E-state index in [-0.39, 0.29) is 18.6 Å². The molecule has 2 aliphatic carbocycles. The van der Waals surface area contributed by atoms with Gasteiger partial charge in [0.15, 0.2) is 11.9 Å². The minimum absolute atomic E-state index is 0.189. The summed E-state index contributed by atoms with van der Waals surface area (Å²) >= 11 is 0. The summed E-state index contributed by atoms with van der Waals surface area (Å²) in [5.74, 6) is -5.62. The molecule has 0 aromatic carbocycles. The van der Waals surface area contributed by atoms with E-state index in [2.05, 4.69) is 6.58 Å². The molecule has 2 heterocycles. The minimum atomic E-state index is -1.46. The third-order valence-corrected chi connectivity index (χ3v) is 10.0. The smallest absolute Gasteiger partial charge is 0.311 e. The van der Waals surface area contributed by atoms with Crippen molar-refractivity contribution in [1.29, 1.82) is 0 Å². The van der Waals surface area contributed by atoms with Crippen molar-refractivity contribution in [2.24, 2.45) is 34.0 Å². The van der Waals surface area contributed by atoms with Gasteiger partial charge in [-0.05, 0) is 40.0 Å². The van der Waals surface area contributed by atoms with Crippen molar-refractivity contribution in [2.45, 2.75) is 98.2 Å². The molecule has 1 N–H and O–H groups in total. The molecule has 10 heteroatoms. The van der Waals surface area contributed by atoms with Gasteiger partial charge in [-0.25, -0.2) is 0 Å². The van der Waals surface area contributed by atoms with E-state index in [1.54, 1.807) is 34.6 Å². The van der Waals surface area contributed by atoms with Gasteiger partial charge in [-0.15, -0.1) is 0 Å². The molecule has 2 aliphatic heterocycles. The van der Waals surface area contributed by atoms with Crippen molar-refractivity contribution in [2.75, 3.05) is 0 Å². The van der Waals surface area contributed by atoms with Gasteiger partial charge in [0.2, 0.25) is 0 Å². The van der Waals surface area contributed by atoms with Crippen molar-refractivity contribution in [3.63, 3.8) is 0 Å². The van der Waals surface area contributed by atoms with E-state index in [4.69, 9.17) is 18.9 Å². The van der Waals surface area contributed by atoms with E-state index in [1.807, 2.05) is 0 Å². The Kier molecular flexibility index (Phi) is 6.42. The second-order valence-electron chi connectivity index (χ2n) is 12.5. The molecular formula is C28H38O10. The second-order valence-corrected chi connectivity index (χ2v) is 12.5. The van der Waals surface area contributed by atoms with Gasteiger partial charge in [0.05, 0.1) is 23.9 Å². The zero-order chi connectivity index (χ0) is 28.7. The number of rotatable bonds is 2. The average molecular weight is 535 g/mol. The van der Waals surface area contributed by atoms with Crippen molar-refractivity contribution < 1.29 is 48.0 Å². The van der Waals surface area contributed by atoms with Gasteiger partial charge in [0, 0.05) is 30.6 Å². The topological polar surface area (TPSA) is 143 Å². The lowest BCUT2D eigenvalue weighted by molar-refractivity contribution is -0.289. The maximum atomic E-state index is 13.7. The third-order valence-electron chi connectivity index (χ3n) is 10.0. The number of aliphatic hydroxyl groups excluding tert-OH is 1. The molecule has 2 saturated heterocycles. The predicted molar refractivity (Wildman–Crippen MR) is 131 cm³/mol. The Hall–Kier alpha value is -2.75. The highest BCUT2D eigenvalue weighted by Crippen LogP contribution is 2.71. The zero-order valence-corrected chi connectivity index (χ0v) is 23.3. The lowest BCUT2D eigenvalue weighted by Crippen LogP contribution is -2.76. The molecule has 0 bridgehead atoms. The Bertz CT molecular complexity index is 1120. The highest BCUT2D eigenvalue weighted by Gasteiger charge is 2.78. The first-order valence-electron chi connectivity index (χ1n) is 13.0. The number of fused-ring (bicyclic) bond motifs is 5. The van der Waals surface area contributed by atoms with E-state index in [0.717, 1.165) is 0 Å². The van der Waals surface area contributed by atoms with Crippen LogP contribution in [0, 0.1) is 34.0 Å². The zero-order valence-electron chi connectivity index (χ0n) is 23.3. The van der Waals surface area contributed by atoms with Gasteiger partial charge in [-0.2, -0.15) is 0 Å². The van der Waals surface area contributed by atoms with Crippen LogP contribution >= 0.6 is 0 Å². The van der Waals surface area contributed by atoms with Gasteiger partial charge in [0.1, 0.15) is 17.8 Å². The van der Waals surface area contributed by atoms with Crippen LogP contribution in [-0.4, -0.2) is 64.8 Å². The van der Waals surface area contributed by atoms with E-state index in [0.29, 0.717) is 5.57 Å². The Morgan fingerprint density at radius 2 is 1.55 bits per heavy atom. The number of carbonyl (C=O) groups excluding carboxylic acids is 5. The summed E-state index contributed by atoms with van der Waals surface area (Å²) in [6.45, 7) is 16.7. The molecule has 10 atom stereocenters. The van der Waals surface area contributed by atoms with Gasteiger partial charge in [-0.3, -0.25) is 24.0 Å². The Balaban J connectivity index is 2.06. The standard InChI is InChI=1S/C28H38O10/c1-12-10-16-27(8)17(36-14(3)29)11-18(31)38-25(5,6)20(27)19(32)23(37-15(4)30)28(16,9)21-24(34)35-13(2)22(33)26(12,21)7/h13,16-17,19-21,23,32H,1,10-11H2,2-9H3/t13-,16+,17-,19+,20+,21-,23+,26-,27-,28+/m1/s1. The fraction of sp³-hybridized carbons (Fsp3) is 0.750. The van der Waals surface area contributed by atoms with E-state index in [9.17, 15) is 29.1 Å². The average Bonchev–Trinajstić information content (AvgIpc) is 2.82. The number of carbonyl (C=O) groups is 5. The number of ether oxygens (including phenoxy) is 4. The predicted octanol–water partition coefficient (Wildman–Crippen LogP) is 2.29. The van der Waals surface area contributed by atoms with Gasteiger partial charge in [0.25, 0.3) is 0 Å². The van der Waals surface area contributed by atoms with Gasteiger partial charge >= 0.3 is 23.9 Å². The van der Waals surface area contributed by atoms with Gasteiger partial charge < -0.3 is 24.1 Å².